The lowest BCUT2D eigenvalue weighted by Crippen LogP contribution is -2.12. The van der Waals surface area contributed by atoms with Gasteiger partial charge in [0.2, 0.25) is 5.75 Å². The third kappa shape index (κ3) is 6.09. The molecule has 0 N–H and O–H groups in total. The monoisotopic (exact) mass is 431 g/mol. The minimum Gasteiger partial charge on any atom is -0.423 e. The Labute approximate surface area is 168 Å². The zero-order valence-corrected chi connectivity index (χ0v) is 15.9. The number of hydrogen-bond acceptors (Lipinski definition) is 6. The second-order valence-corrected chi connectivity index (χ2v) is 6.48. The van der Waals surface area contributed by atoms with Crippen LogP contribution in [0.1, 0.15) is 19.3 Å². The summed E-state index contributed by atoms with van der Waals surface area (Å²) in [5.74, 6) is -1.54. The number of halogens is 3. The molecule has 10 heteroatoms. The molecule has 0 heterocycles. The molecule has 0 atom stereocenters. The van der Waals surface area contributed by atoms with Gasteiger partial charge in [-0.25, -0.2) is 0 Å². The fourth-order valence-corrected chi connectivity index (χ4v) is 2.93. The van der Waals surface area contributed by atoms with Crippen molar-refractivity contribution in [2.75, 3.05) is 0 Å². The van der Waals surface area contributed by atoms with Crippen molar-refractivity contribution in [3.63, 3.8) is 0 Å². The van der Waals surface area contributed by atoms with Gasteiger partial charge in [-0.15, -0.1) is 0 Å². The van der Waals surface area contributed by atoms with Crippen LogP contribution in [0.4, 0.5) is 5.69 Å². The smallest absolute Gasteiger partial charge is 0.311 e. The first kappa shape index (κ1) is 21.0. The quantitative estimate of drug-likeness (QED) is 0.257. The molecule has 27 heavy (non-hydrogen) atoms. The molecule has 0 saturated carbocycles. The van der Waals surface area contributed by atoms with Gasteiger partial charge in [-0.2, -0.15) is 0 Å². The first-order valence-corrected chi connectivity index (χ1v) is 8.70. The summed E-state index contributed by atoms with van der Waals surface area (Å²) in [5, 5.41) is 11.3. The van der Waals surface area contributed by atoms with Gasteiger partial charge in [0.05, 0.1) is 15.0 Å². The van der Waals surface area contributed by atoms with Crippen molar-refractivity contribution in [3.05, 3.63) is 61.6 Å². The average Bonchev–Trinajstić information content (AvgIpc) is 2.58. The summed E-state index contributed by atoms with van der Waals surface area (Å²) in [6.07, 6.45) is -0.133. The van der Waals surface area contributed by atoms with E-state index < -0.39 is 16.9 Å². The largest absolute Gasteiger partial charge is 0.423 e. The van der Waals surface area contributed by atoms with Crippen LogP contribution in [-0.4, -0.2) is 16.9 Å². The van der Waals surface area contributed by atoms with E-state index in [1.165, 1.54) is 36.4 Å². The molecule has 0 unspecified atom stereocenters. The fourth-order valence-electron chi connectivity index (χ4n) is 2.04. The molecule has 2 aromatic carbocycles. The third-order valence-electron chi connectivity index (χ3n) is 3.23. The molecule has 0 amide bonds. The second kappa shape index (κ2) is 9.55. The molecule has 0 aliphatic rings. The summed E-state index contributed by atoms with van der Waals surface area (Å²) >= 11 is 17.6. The number of nitro benzene ring substituents is 1. The summed E-state index contributed by atoms with van der Waals surface area (Å²) in [6, 6.07) is 8.25. The molecular formula is C17H12Cl3NO6. The molecule has 0 aliphatic heterocycles. The van der Waals surface area contributed by atoms with Crippen LogP contribution in [0.3, 0.4) is 0 Å². The van der Waals surface area contributed by atoms with Crippen LogP contribution in [0.5, 0.6) is 11.5 Å². The normalized spacial score (nSPS) is 10.3. The number of para-hydroxylation sites is 2. The zero-order valence-electron chi connectivity index (χ0n) is 13.6. The molecule has 0 spiro atoms. The highest BCUT2D eigenvalue weighted by atomic mass is 35.5. The average molecular weight is 433 g/mol. The van der Waals surface area contributed by atoms with Crippen LogP contribution in [0.25, 0.3) is 0 Å². The molecule has 0 aliphatic carbocycles. The van der Waals surface area contributed by atoms with E-state index in [-0.39, 0.29) is 46.5 Å². The van der Waals surface area contributed by atoms with E-state index in [0.29, 0.717) is 5.02 Å². The van der Waals surface area contributed by atoms with Crippen LogP contribution in [-0.2, 0) is 9.59 Å². The Kier molecular flexibility index (Phi) is 7.41. The Morgan fingerprint density at radius 3 is 2.11 bits per heavy atom. The van der Waals surface area contributed by atoms with Crippen LogP contribution in [0, 0.1) is 10.1 Å². The second-order valence-electron chi connectivity index (χ2n) is 5.23. The van der Waals surface area contributed by atoms with Crippen molar-refractivity contribution >= 4 is 52.4 Å². The predicted molar refractivity (Wildman–Crippen MR) is 99.7 cm³/mol. The highest BCUT2D eigenvalue weighted by Gasteiger charge is 2.18. The van der Waals surface area contributed by atoms with Crippen LogP contribution in [0.2, 0.25) is 15.1 Å². The van der Waals surface area contributed by atoms with E-state index in [2.05, 4.69) is 0 Å². The minimum atomic E-state index is -0.709. The number of rotatable bonds is 7. The summed E-state index contributed by atoms with van der Waals surface area (Å²) in [4.78, 5) is 33.9. The Morgan fingerprint density at radius 2 is 1.52 bits per heavy atom. The number of esters is 2. The fraction of sp³-hybridized carbons (Fsp3) is 0.176. The Morgan fingerprint density at radius 1 is 0.963 bits per heavy atom. The zero-order chi connectivity index (χ0) is 20.0. The molecule has 0 fully saturated rings. The lowest BCUT2D eigenvalue weighted by Gasteiger charge is -2.09. The van der Waals surface area contributed by atoms with Crippen molar-refractivity contribution in [1.29, 1.82) is 0 Å². The van der Waals surface area contributed by atoms with Gasteiger partial charge in [0.15, 0.2) is 5.75 Å². The SMILES string of the molecule is O=C(CCCC(=O)Oc1c(Cl)cc(Cl)cc1Cl)Oc1ccccc1[N+](=O)[O-]. The van der Waals surface area contributed by atoms with Gasteiger partial charge in [0.1, 0.15) is 0 Å². The topological polar surface area (TPSA) is 95.7 Å². The number of nitrogens with zero attached hydrogens (tertiary/aromatic N) is 1. The number of carbonyl (C=O) groups excluding carboxylic acids is 2. The van der Waals surface area contributed by atoms with E-state index in [4.69, 9.17) is 44.3 Å². The Bertz CT molecular complexity index is 864. The maximum Gasteiger partial charge on any atom is 0.311 e. The summed E-state index contributed by atoms with van der Waals surface area (Å²) in [6.45, 7) is 0. The molecule has 2 aromatic rings. The summed E-state index contributed by atoms with van der Waals surface area (Å²) in [7, 11) is 0. The maximum absolute atomic E-state index is 11.9. The minimum absolute atomic E-state index is 0.0183. The molecular weight excluding hydrogens is 421 g/mol. The van der Waals surface area contributed by atoms with Gasteiger partial charge in [-0.05, 0) is 24.6 Å². The van der Waals surface area contributed by atoms with Gasteiger partial charge < -0.3 is 9.47 Å². The molecule has 0 bridgehead atoms. The van der Waals surface area contributed by atoms with Crippen molar-refractivity contribution in [3.8, 4) is 11.5 Å². The van der Waals surface area contributed by atoms with Crippen molar-refractivity contribution < 1.29 is 24.0 Å². The van der Waals surface area contributed by atoms with E-state index in [9.17, 15) is 19.7 Å². The first-order chi connectivity index (χ1) is 12.8. The summed E-state index contributed by atoms with van der Waals surface area (Å²) < 4.78 is 10.0. The third-order valence-corrected chi connectivity index (χ3v) is 4.01. The lowest BCUT2D eigenvalue weighted by molar-refractivity contribution is -0.385. The van der Waals surface area contributed by atoms with Crippen molar-refractivity contribution in [2.45, 2.75) is 19.3 Å². The van der Waals surface area contributed by atoms with Gasteiger partial charge in [0, 0.05) is 23.9 Å². The van der Waals surface area contributed by atoms with E-state index in [1.54, 1.807) is 0 Å². The maximum atomic E-state index is 11.9. The summed E-state index contributed by atoms with van der Waals surface area (Å²) in [5.41, 5.74) is -0.322. The Hall–Kier alpha value is -2.35. The van der Waals surface area contributed by atoms with Gasteiger partial charge >= 0.3 is 17.6 Å². The van der Waals surface area contributed by atoms with Gasteiger partial charge in [-0.3, -0.25) is 19.7 Å². The van der Waals surface area contributed by atoms with E-state index in [0.717, 1.165) is 0 Å². The van der Waals surface area contributed by atoms with Crippen LogP contribution >= 0.6 is 34.8 Å². The molecule has 142 valence electrons. The standard InChI is InChI=1S/C17H12Cl3NO6/c18-10-8-11(19)17(12(20)9-10)27-16(23)7-3-6-15(22)26-14-5-2-1-4-13(14)21(24)25/h1-2,4-5,8-9H,3,6-7H2. The first-order valence-electron chi connectivity index (χ1n) is 7.57. The number of benzene rings is 2. The molecule has 7 nitrogen and oxygen atoms in total. The number of hydrogen-bond donors (Lipinski definition) is 0. The van der Waals surface area contributed by atoms with Gasteiger partial charge in [-0.1, -0.05) is 46.9 Å². The van der Waals surface area contributed by atoms with Crippen LogP contribution in [0.15, 0.2) is 36.4 Å². The number of carbonyl (C=O) groups is 2. The van der Waals surface area contributed by atoms with Crippen molar-refractivity contribution in [2.24, 2.45) is 0 Å². The molecule has 2 rings (SSSR count). The van der Waals surface area contributed by atoms with E-state index >= 15 is 0 Å². The lowest BCUT2D eigenvalue weighted by atomic mass is 10.2. The number of ether oxygens (including phenoxy) is 2. The number of nitro groups is 1. The van der Waals surface area contributed by atoms with Crippen molar-refractivity contribution in [1.82, 2.24) is 0 Å². The van der Waals surface area contributed by atoms with E-state index in [1.807, 2.05) is 0 Å². The Balaban J connectivity index is 1.85. The van der Waals surface area contributed by atoms with Gasteiger partial charge in [0.25, 0.3) is 0 Å². The molecule has 0 saturated heterocycles. The highest BCUT2D eigenvalue weighted by Crippen LogP contribution is 2.36. The predicted octanol–water partition coefficient (Wildman–Crippen LogP) is 5.24. The van der Waals surface area contributed by atoms with Crippen LogP contribution < -0.4 is 9.47 Å². The molecule has 0 radical (unpaired) electrons. The highest BCUT2D eigenvalue weighted by molar-refractivity contribution is 6.40. The molecule has 0 aromatic heterocycles.